The smallest absolute Gasteiger partial charge is 0.162 e. The highest BCUT2D eigenvalue weighted by atomic mass is 19.1. The van der Waals surface area contributed by atoms with E-state index in [0.29, 0.717) is 39.3 Å². The first kappa shape index (κ1) is 23.5. The predicted molar refractivity (Wildman–Crippen MR) is 107 cm³/mol. The third-order valence-electron chi connectivity index (χ3n) is 4.36. The minimum absolute atomic E-state index is 0.264. The SMILES string of the molecule is CCOC(Cc1ccc(CC(OCC)OCC)n1-c1ccc(F)cc1F)OCC. The second-order valence-electron chi connectivity index (χ2n) is 6.34. The highest BCUT2D eigenvalue weighted by Gasteiger charge is 2.21. The molecule has 0 saturated heterocycles. The van der Waals surface area contributed by atoms with Gasteiger partial charge < -0.3 is 23.5 Å². The molecular formula is C22H31F2NO4. The van der Waals surface area contributed by atoms with Crippen molar-refractivity contribution in [2.75, 3.05) is 26.4 Å². The van der Waals surface area contributed by atoms with Crippen molar-refractivity contribution in [2.45, 2.75) is 53.1 Å². The Hall–Kier alpha value is -1.80. The van der Waals surface area contributed by atoms with Crippen molar-refractivity contribution < 1.29 is 27.7 Å². The summed E-state index contributed by atoms with van der Waals surface area (Å²) < 4.78 is 52.5. The fourth-order valence-corrected chi connectivity index (χ4v) is 3.23. The van der Waals surface area contributed by atoms with Crippen molar-refractivity contribution in [2.24, 2.45) is 0 Å². The molecule has 0 unspecified atom stereocenters. The Bertz CT molecular complexity index is 703. The van der Waals surface area contributed by atoms with Gasteiger partial charge in [-0.15, -0.1) is 0 Å². The normalized spacial score (nSPS) is 11.7. The van der Waals surface area contributed by atoms with Gasteiger partial charge in [0.1, 0.15) is 11.6 Å². The van der Waals surface area contributed by atoms with Crippen molar-refractivity contribution in [3.63, 3.8) is 0 Å². The lowest BCUT2D eigenvalue weighted by Crippen LogP contribution is -2.24. The third-order valence-corrected chi connectivity index (χ3v) is 4.36. The lowest BCUT2D eigenvalue weighted by atomic mass is 10.2. The maximum absolute atomic E-state index is 14.7. The van der Waals surface area contributed by atoms with Crippen LogP contribution in [0, 0.1) is 11.6 Å². The molecule has 29 heavy (non-hydrogen) atoms. The molecule has 0 saturated carbocycles. The molecule has 2 rings (SSSR count). The molecule has 162 valence electrons. The average molecular weight is 411 g/mol. The summed E-state index contributed by atoms with van der Waals surface area (Å²) in [7, 11) is 0. The van der Waals surface area contributed by atoms with Gasteiger partial charge in [-0.05, 0) is 52.0 Å². The molecule has 1 aromatic carbocycles. The summed E-state index contributed by atoms with van der Waals surface area (Å²) in [5.74, 6) is -1.26. The standard InChI is InChI=1S/C22H31F2NO4/c1-5-26-21(27-6-2)14-17-10-11-18(15-22(28-7-3)29-8-4)25(17)20-12-9-16(23)13-19(20)24/h9-13,21-22H,5-8,14-15H2,1-4H3. The predicted octanol–water partition coefficient (Wildman–Crippen LogP) is 4.64. The molecule has 7 heteroatoms. The molecule has 5 nitrogen and oxygen atoms in total. The highest BCUT2D eigenvalue weighted by molar-refractivity contribution is 5.40. The van der Waals surface area contributed by atoms with Gasteiger partial charge in [-0.3, -0.25) is 0 Å². The van der Waals surface area contributed by atoms with Crippen LogP contribution in [0.5, 0.6) is 0 Å². The summed E-state index contributed by atoms with van der Waals surface area (Å²) in [5.41, 5.74) is 1.85. The average Bonchev–Trinajstić information content (AvgIpc) is 3.05. The van der Waals surface area contributed by atoms with Crippen LogP contribution in [0.3, 0.4) is 0 Å². The molecule has 1 heterocycles. The van der Waals surface area contributed by atoms with Crippen LogP contribution < -0.4 is 0 Å². The number of nitrogens with zero attached hydrogens (tertiary/aromatic N) is 1. The van der Waals surface area contributed by atoms with E-state index in [-0.39, 0.29) is 5.69 Å². The zero-order chi connectivity index (χ0) is 21.2. The number of ether oxygens (including phenoxy) is 4. The van der Waals surface area contributed by atoms with E-state index in [1.165, 1.54) is 12.1 Å². The lowest BCUT2D eigenvalue weighted by Gasteiger charge is -2.22. The van der Waals surface area contributed by atoms with Crippen LogP contribution in [0.1, 0.15) is 39.1 Å². The van der Waals surface area contributed by atoms with Crippen molar-refractivity contribution in [3.8, 4) is 5.69 Å². The van der Waals surface area contributed by atoms with E-state index in [9.17, 15) is 8.78 Å². The maximum atomic E-state index is 14.7. The zero-order valence-corrected chi connectivity index (χ0v) is 17.6. The summed E-state index contributed by atoms with van der Waals surface area (Å²) in [5, 5.41) is 0. The summed E-state index contributed by atoms with van der Waals surface area (Å²) in [6.07, 6.45) is -0.0621. The van der Waals surface area contributed by atoms with E-state index in [0.717, 1.165) is 17.5 Å². The Kier molecular flexibility index (Phi) is 9.73. The van der Waals surface area contributed by atoms with Gasteiger partial charge in [0.05, 0.1) is 5.69 Å². The van der Waals surface area contributed by atoms with Crippen LogP contribution in [0.2, 0.25) is 0 Å². The van der Waals surface area contributed by atoms with Crippen LogP contribution >= 0.6 is 0 Å². The van der Waals surface area contributed by atoms with E-state index in [4.69, 9.17) is 18.9 Å². The van der Waals surface area contributed by atoms with E-state index in [1.807, 2.05) is 39.8 Å². The Morgan fingerprint density at radius 2 is 1.17 bits per heavy atom. The molecule has 0 aliphatic rings. The molecule has 2 aromatic rings. The number of rotatable bonds is 13. The zero-order valence-electron chi connectivity index (χ0n) is 17.6. The van der Waals surface area contributed by atoms with Gasteiger partial charge in [-0.25, -0.2) is 8.78 Å². The van der Waals surface area contributed by atoms with E-state index < -0.39 is 24.2 Å². The molecule has 0 fully saturated rings. The molecule has 0 atom stereocenters. The number of benzene rings is 1. The molecule has 0 spiro atoms. The van der Waals surface area contributed by atoms with Crippen LogP contribution in [0.25, 0.3) is 5.69 Å². The highest BCUT2D eigenvalue weighted by Crippen LogP contribution is 2.24. The lowest BCUT2D eigenvalue weighted by molar-refractivity contribution is -0.136. The Balaban J connectivity index is 2.44. The maximum Gasteiger partial charge on any atom is 0.162 e. The molecule has 1 aromatic heterocycles. The monoisotopic (exact) mass is 411 g/mol. The fraction of sp³-hybridized carbons (Fsp3) is 0.545. The first-order chi connectivity index (χ1) is 14.0. The second-order valence-corrected chi connectivity index (χ2v) is 6.34. The van der Waals surface area contributed by atoms with Crippen molar-refractivity contribution in [1.82, 2.24) is 4.57 Å². The van der Waals surface area contributed by atoms with Crippen molar-refractivity contribution in [3.05, 3.63) is 53.4 Å². The van der Waals surface area contributed by atoms with Gasteiger partial charge in [0, 0.05) is 56.7 Å². The van der Waals surface area contributed by atoms with E-state index >= 15 is 0 Å². The summed E-state index contributed by atoms with van der Waals surface area (Å²) in [4.78, 5) is 0. The van der Waals surface area contributed by atoms with Gasteiger partial charge in [-0.1, -0.05) is 0 Å². The van der Waals surface area contributed by atoms with Gasteiger partial charge >= 0.3 is 0 Å². The van der Waals surface area contributed by atoms with Crippen LogP contribution in [0.15, 0.2) is 30.3 Å². The van der Waals surface area contributed by atoms with Crippen LogP contribution in [-0.2, 0) is 31.8 Å². The van der Waals surface area contributed by atoms with Crippen LogP contribution in [-0.4, -0.2) is 43.6 Å². The van der Waals surface area contributed by atoms with E-state index in [2.05, 4.69) is 0 Å². The number of hydrogen-bond donors (Lipinski definition) is 0. The second kappa shape index (κ2) is 12.0. The third kappa shape index (κ3) is 6.60. The molecule has 0 amide bonds. The molecule has 0 aliphatic heterocycles. The molecular weight excluding hydrogens is 380 g/mol. The Morgan fingerprint density at radius 3 is 1.55 bits per heavy atom. The molecule has 0 aliphatic carbocycles. The van der Waals surface area contributed by atoms with Gasteiger partial charge in [-0.2, -0.15) is 0 Å². The topological polar surface area (TPSA) is 41.9 Å². The Labute approximate surface area is 171 Å². The number of halogens is 2. The van der Waals surface area contributed by atoms with Crippen LogP contribution in [0.4, 0.5) is 8.78 Å². The fourth-order valence-electron chi connectivity index (χ4n) is 3.23. The van der Waals surface area contributed by atoms with E-state index in [1.54, 1.807) is 4.57 Å². The first-order valence-electron chi connectivity index (χ1n) is 10.1. The number of hydrogen-bond acceptors (Lipinski definition) is 4. The largest absolute Gasteiger partial charge is 0.353 e. The molecule has 0 bridgehead atoms. The molecule has 0 N–H and O–H groups in total. The van der Waals surface area contributed by atoms with Crippen molar-refractivity contribution in [1.29, 1.82) is 0 Å². The molecule has 0 radical (unpaired) electrons. The summed E-state index contributed by atoms with van der Waals surface area (Å²) >= 11 is 0. The summed E-state index contributed by atoms with van der Waals surface area (Å²) in [6.45, 7) is 9.57. The minimum atomic E-state index is -0.641. The Morgan fingerprint density at radius 1 is 0.724 bits per heavy atom. The van der Waals surface area contributed by atoms with Gasteiger partial charge in [0.2, 0.25) is 0 Å². The summed E-state index contributed by atoms with van der Waals surface area (Å²) in [6, 6.07) is 7.37. The van der Waals surface area contributed by atoms with Gasteiger partial charge in [0.15, 0.2) is 12.6 Å². The minimum Gasteiger partial charge on any atom is -0.353 e. The quantitative estimate of drug-likeness (QED) is 0.451. The van der Waals surface area contributed by atoms with Gasteiger partial charge in [0.25, 0.3) is 0 Å². The number of aromatic nitrogens is 1. The first-order valence-corrected chi connectivity index (χ1v) is 10.1. The van der Waals surface area contributed by atoms with Crippen molar-refractivity contribution >= 4 is 0 Å².